The lowest BCUT2D eigenvalue weighted by Gasteiger charge is -2.09. The molecule has 7 heteroatoms. The molecule has 1 aromatic carbocycles. The number of benzene rings is 1. The Hall–Kier alpha value is -1.82. The number of anilines is 1. The number of hydrogen-bond acceptors (Lipinski definition) is 4. The van der Waals surface area contributed by atoms with Crippen molar-refractivity contribution in [3.63, 3.8) is 0 Å². The van der Waals surface area contributed by atoms with Gasteiger partial charge in [0, 0.05) is 24.4 Å². The molecule has 0 aliphatic rings. The minimum absolute atomic E-state index is 0. The van der Waals surface area contributed by atoms with Crippen LogP contribution in [0.25, 0.3) is 0 Å². The summed E-state index contributed by atoms with van der Waals surface area (Å²) in [5.74, 6) is 0.718. The number of hydrogen-bond donors (Lipinski definition) is 2. The van der Waals surface area contributed by atoms with E-state index in [9.17, 15) is 4.79 Å². The first-order valence-corrected chi connectivity index (χ1v) is 7.35. The van der Waals surface area contributed by atoms with Gasteiger partial charge in [-0.1, -0.05) is 12.1 Å². The molecular weight excluding hydrogens is 349 g/mol. The van der Waals surface area contributed by atoms with Crippen LogP contribution >= 0.6 is 24.8 Å². The lowest BCUT2D eigenvalue weighted by atomic mass is 10.2. The van der Waals surface area contributed by atoms with Crippen LogP contribution in [0.1, 0.15) is 18.5 Å². The molecule has 1 amide bonds. The summed E-state index contributed by atoms with van der Waals surface area (Å²) in [5.41, 5.74) is 1.61. The molecule has 5 nitrogen and oxygen atoms in total. The standard InChI is InChI=1S/C17H21N3O2.2ClH/c1-18-10-5-9-17(21)20-14-7-4-8-16(12-14)22-13-15-6-2-3-11-19-15;;/h2-4,6-8,11-12,18H,5,9-10,13H2,1H3,(H,20,21);2*1H. The second-order valence-electron chi connectivity index (χ2n) is 4.89. The molecule has 1 aromatic heterocycles. The van der Waals surface area contributed by atoms with Gasteiger partial charge in [-0.15, -0.1) is 24.8 Å². The third kappa shape index (κ3) is 8.15. The Balaban J connectivity index is 0.00000264. The van der Waals surface area contributed by atoms with Gasteiger partial charge in [0.1, 0.15) is 12.4 Å². The van der Waals surface area contributed by atoms with Crippen LogP contribution in [-0.2, 0) is 11.4 Å². The molecule has 24 heavy (non-hydrogen) atoms. The zero-order valence-electron chi connectivity index (χ0n) is 13.5. The van der Waals surface area contributed by atoms with E-state index in [2.05, 4.69) is 15.6 Å². The fourth-order valence-electron chi connectivity index (χ4n) is 1.95. The van der Waals surface area contributed by atoms with E-state index < -0.39 is 0 Å². The smallest absolute Gasteiger partial charge is 0.224 e. The van der Waals surface area contributed by atoms with E-state index in [1.54, 1.807) is 6.20 Å². The van der Waals surface area contributed by atoms with Crippen molar-refractivity contribution in [2.75, 3.05) is 18.9 Å². The number of nitrogens with one attached hydrogen (secondary N) is 2. The van der Waals surface area contributed by atoms with Crippen molar-refractivity contribution in [1.29, 1.82) is 0 Å². The molecule has 0 atom stereocenters. The lowest BCUT2D eigenvalue weighted by Crippen LogP contribution is -2.15. The van der Waals surface area contributed by atoms with Crippen LogP contribution < -0.4 is 15.4 Å². The topological polar surface area (TPSA) is 63.2 Å². The Labute approximate surface area is 155 Å². The third-order valence-electron chi connectivity index (χ3n) is 3.06. The van der Waals surface area contributed by atoms with Crippen molar-refractivity contribution < 1.29 is 9.53 Å². The highest BCUT2D eigenvalue weighted by atomic mass is 35.5. The Bertz CT molecular complexity index is 597. The van der Waals surface area contributed by atoms with E-state index in [4.69, 9.17) is 4.74 Å². The Morgan fingerprint density at radius 1 is 1.17 bits per heavy atom. The molecule has 0 aliphatic carbocycles. The van der Waals surface area contributed by atoms with Gasteiger partial charge in [-0.3, -0.25) is 9.78 Å². The average molecular weight is 372 g/mol. The quantitative estimate of drug-likeness (QED) is 0.697. The normalized spacial score (nSPS) is 9.38. The van der Waals surface area contributed by atoms with E-state index in [0.717, 1.165) is 24.3 Å². The molecule has 0 radical (unpaired) electrons. The van der Waals surface area contributed by atoms with Crippen molar-refractivity contribution in [2.24, 2.45) is 0 Å². The molecule has 2 rings (SSSR count). The molecule has 0 spiro atoms. The van der Waals surface area contributed by atoms with Gasteiger partial charge in [-0.2, -0.15) is 0 Å². The maximum atomic E-state index is 11.8. The first-order chi connectivity index (χ1) is 10.8. The van der Waals surface area contributed by atoms with Gasteiger partial charge in [0.25, 0.3) is 0 Å². The SMILES string of the molecule is CNCCCC(=O)Nc1cccc(OCc2ccccn2)c1.Cl.Cl. The van der Waals surface area contributed by atoms with E-state index in [1.165, 1.54) is 0 Å². The lowest BCUT2D eigenvalue weighted by molar-refractivity contribution is -0.116. The monoisotopic (exact) mass is 371 g/mol. The minimum Gasteiger partial charge on any atom is -0.487 e. The largest absolute Gasteiger partial charge is 0.487 e. The Morgan fingerprint density at radius 3 is 2.71 bits per heavy atom. The number of carbonyl (C=O) groups is 1. The van der Waals surface area contributed by atoms with Crippen molar-refractivity contribution in [2.45, 2.75) is 19.4 Å². The van der Waals surface area contributed by atoms with Crippen molar-refractivity contribution in [1.82, 2.24) is 10.3 Å². The molecular formula is C17H23Cl2N3O2. The van der Waals surface area contributed by atoms with Gasteiger partial charge in [-0.25, -0.2) is 0 Å². The molecule has 0 saturated heterocycles. The van der Waals surface area contributed by atoms with Crippen LogP contribution in [0.3, 0.4) is 0 Å². The highest BCUT2D eigenvalue weighted by molar-refractivity contribution is 5.90. The molecule has 0 unspecified atom stereocenters. The molecule has 0 saturated carbocycles. The molecule has 1 heterocycles. The van der Waals surface area contributed by atoms with Crippen LogP contribution in [-0.4, -0.2) is 24.5 Å². The fraction of sp³-hybridized carbons (Fsp3) is 0.294. The predicted octanol–water partition coefficient (Wildman–Crippen LogP) is 3.44. The molecule has 2 N–H and O–H groups in total. The molecule has 0 bridgehead atoms. The Morgan fingerprint density at radius 2 is 2.00 bits per heavy atom. The summed E-state index contributed by atoms with van der Waals surface area (Å²) in [6, 6.07) is 13.1. The van der Waals surface area contributed by atoms with Crippen molar-refractivity contribution in [3.05, 3.63) is 54.4 Å². The zero-order chi connectivity index (χ0) is 15.6. The molecule has 2 aromatic rings. The van der Waals surface area contributed by atoms with Gasteiger partial charge in [0.15, 0.2) is 0 Å². The van der Waals surface area contributed by atoms with Crippen LogP contribution in [0.4, 0.5) is 5.69 Å². The minimum atomic E-state index is 0. The van der Waals surface area contributed by atoms with E-state index in [1.807, 2.05) is 49.5 Å². The van der Waals surface area contributed by atoms with Crippen LogP contribution in [0, 0.1) is 0 Å². The maximum Gasteiger partial charge on any atom is 0.224 e. The van der Waals surface area contributed by atoms with Crippen molar-refractivity contribution >= 4 is 36.4 Å². The maximum absolute atomic E-state index is 11.8. The van der Waals surface area contributed by atoms with Gasteiger partial charge < -0.3 is 15.4 Å². The number of pyridine rings is 1. The number of amides is 1. The van der Waals surface area contributed by atoms with Gasteiger partial charge in [0.05, 0.1) is 5.69 Å². The fourth-order valence-corrected chi connectivity index (χ4v) is 1.95. The van der Waals surface area contributed by atoms with Gasteiger partial charge in [-0.05, 0) is 44.3 Å². The number of nitrogens with zero attached hydrogens (tertiary/aromatic N) is 1. The summed E-state index contributed by atoms with van der Waals surface area (Å²) < 4.78 is 5.69. The van der Waals surface area contributed by atoms with Gasteiger partial charge >= 0.3 is 0 Å². The summed E-state index contributed by atoms with van der Waals surface area (Å²) in [4.78, 5) is 16.0. The number of rotatable bonds is 8. The molecule has 0 fully saturated rings. The van der Waals surface area contributed by atoms with Crippen LogP contribution in [0.2, 0.25) is 0 Å². The number of aromatic nitrogens is 1. The molecule has 0 aliphatic heterocycles. The van der Waals surface area contributed by atoms with Crippen LogP contribution in [0.15, 0.2) is 48.7 Å². The molecule has 132 valence electrons. The number of carbonyl (C=O) groups excluding carboxylic acids is 1. The summed E-state index contributed by atoms with van der Waals surface area (Å²) in [7, 11) is 1.88. The highest BCUT2D eigenvalue weighted by Crippen LogP contribution is 2.18. The average Bonchev–Trinajstić information content (AvgIpc) is 2.54. The van der Waals surface area contributed by atoms with Crippen molar-refractivity contribution in [3.8, 4) is 5.75 Å². The summed E-state index contributed by atoms with van der Waals surface area (Å²) >= 11 is 0. The van der Waals surface area contributed by atoms with Gasteiger partial charge in [0.2, 0.25) is 5.91 Å². The van der Waals surface area contributed by atoms with E-state index in [-0.39, 0.29) is 30.7 Å². The Kier molecular flexibility index (Phi) is 11.6. The summed E-state index contributed by atoms with van der Waals surface area (Å²) in [6.07, 6.45) is 3.05. The highest BCUT2D eigenvalue weighted by Gasteiger charge is 2.03. The summed E-state index contributed by atoms with van der Waals surface area (Å²) in [5, 5.41) is 5.90. The predicted molar refractivity (Wildman–Crippen MR) is 101 cm³/mol. The van der Waals surface area contributed by atoms with E-state index in [0.29, 0.717) is 18.8 Å². The number of halogens is 2. The number of ether oxygens (including phenoxy) is 1. The second kappa shape index (κ2) is 12.6. The first kappa shape index (κ1) is 22.2. The zero-order valence-corrected chi connectivity index (χ0v) is 15.2. The summed E-state index contributed by atoms with van der Waals surface area (Å²) in [6.45, 7) is 1.24. The second-order valence-corrected chi connectivity index (χ2v) is 4.89. The van der Waals surface area contributed by atoms with E-state index >= 15 is 0 Å². The van der Waals surface area contributed by atoms with Crippen LogP contribution in [0.5, 0.6) is 5.75 Å². The third-order valence-corrected chi connectivity index (χ3v) is 3.06. The first-order valence-electron chi connectivity index (χ1n) is 7.35.